The van der Waals surface area contributed by atoms with Crippen molar-refractivity contribution in [2.45, 2.75) is 18.1 Å². The van der Waals surface area contributed by atoms with Crippen LogP contribution < -0.4 is 11.5 Å². The van der Waals surface area contributed by atoms with Crippen LogP contribution in [0.3, 0.4) is 0 Å². The summed E-state index contributed by atoms with van der Waals surface area (Å²) in [7, 11) is 3.51. The lowest BCUT2D eigenvalue weighted by Gasteiger charge is -2.18. The predicted molar refractivity (Wildman–Crippen MR) is 112 cm³/mol. The molecule has 2 aromatic heterocycles. The number of nitrogen functional groups attached to an aromatic ring is 1. The van der Waals surface area contributed by atoms with Crippen LogP contribution in [0.4, 0.5) is 5.82 Å². The number of hydrogen-bond acceptors (Lipinski definition) is 6. The molecule has 2 aliphatic rings. The molecule has 1 aliphatic carbocycles. The van der Waals surface area contributed by atoms with Crippen molar-refractivity contribution in [1.29, 1.82) is 0 Å². The maximum absolute atomic E-state index is 12.3. The summed E-state index contributed by atoms with van der Waals surface area (Å²) in [6.45, 7) is 0. The molecule has 0 spiro atoms. The van der Waals surface area contributed by atoms with Crippen molar-refractivity contribution in [2.24, 2.45) is 5.92 Å². The first-order chi connectivity index (χ1) is 13.9. The fourth-order valence-corrected chi connectivity index (χ4v) is 4.02. The van der Waals surface area contributed by atoms with Crippen LogP contribution in [0.2, 0.25) is 0 Å². The van der Waals surface area contributed by atoms with Crippen molar-refractivity contribution < 1.29 is 9.90 Å². The first-order valence-corrected chi connectivity index (χ1v) is 9.41. The number of rotatable bonds is 1. The zero-order chi connectivity index (χ0) is 20.3. The number of anilines is 1. The van der Waals surface area contributed by atoms with E-state index in [9.17, 15) is 9.90 Å². The highest BCUT2D eigenvalue weighted by Crippen LogP contribution is 2.50. The molecule has 3 N–H and O–H groups in total. The zero-order valence-corrected chi connectivity index (χ0v) is 16.0. The Labute approximate surface area is 168 Å². The second kappa shape index (κ2) is 6.03. The van der Waals surface area contributed by atoms with E-state index in [2.05, 4.69) is 26.8 Å². The molecule has 0 bridgehead atoms. The van der Waals surface area contributed by atoms with Crippen LogP contribution in [-0.4, -0.2) is 57.4 Å². The van der Waals surface area contributed by atoms with Crippen LogP contribution in [0.1, 0.15) is 12.0 Å². The van der Waals surface area contributed by atoms with Gasteiger partial charge in [0.2, 0.25) is 5.60 Å². The van der Waals surface area contributed by atoms with Gasteiger partial charge in [-0.05, 0) is 30.7 Å². The van der Waals surface area contributed by atoms with Gasteiger partial charge < -0.3 is 15.7 Å². The van der Waals surface area contributed by atoms with Crippen LogP contribution in [0.15, 0.2) is 36.4 Å². The van der Waals surface area contributed by atoms with E-state index >= 15 is 0 Å². The molecule has 7 nitrogen and oxygen atoms in total. The van der Waals surface area contributed by atoms with Gasteiger partial charge in [0.25, 0.3) is 5.91 Å². The topological polar surface area (TPSA) is 105 Å². The van der Waals surface area contributed by atoms with Gasteiger partial charge >= 0.3 is 0 Å². The van der Waals surface area contributed by atoms with E-state index in [0.717, 1.165) is 17.7 Å². The third-order valence-corrected chi connectivity index (χ3v) is 5.67. The highest BCUT2D eigenvalue weighted by atomic mass is 16.3. The molecule has 5 rings (SSSR count). The molecule has 2 fully saturated rings. The second-order valence-electron chi connectivity index (χ2n) is 7.64. The summed E-state index contributed by atoms with van der Waals surface area (Å²) in [6.07, 6.45) is 0.803. The van der Waals surface area contributed by atoms with Crippen LogP contribution in [0.25, 0.3) is 22.3 Å². The van der Waals surface area contributed by atoms with E-state index in [1.807, 2.05) is 36.4 Å². The van der Waals surface area contributed by atoms with Crippen LogP contribution in [0, 0.1) is 17.8 Å². The zero-order valence-electron chi connectivity index (χ0n) is 16.0. The lowest BCUT2D eigenvalue weighted by Crippen LogP contribution is -2.41. The van der Waals surface area contributed by atoms with Crippen LogP contribution in [0.5, 0.6) is 0 Å². The minimum atomic E-state index is -1.58. The molecule has 0 unspecified atom stereocenters. The highest BCUT2D eigenvalue weighted by molar-refractivity contribution is 6.29. The number of fused-ring (bicyclic) bond motifs is 2. The number of hydrogen-bond donors (Lipinski definition) is 2. The number of carbonyl (C=O) groups excluding carboxylic acids is 1. The summed E-state index contributed by atoms with van der Waals surface area (Å²) >= 11 is 0. The third-order valence-electron chi connectivity index (χ3n) is 5.67. The van der Waals surface area contributed by atoms with Gasteiger partial charge in [-0.25, -0.2) is 15.0 Å². The Morgan fingerprint density at radius 1 is 1.28 bits per heavy atom. The average molecular weight is 383 g/mol. The summed E-state index contributed by atoms with van der Waals surface area (Å²) in [5, 5.41) is 10.8. The number of likely N-dealkylation sites (N-methyl/N-ethyl adjacent to an activating group) is 1. The molecule has 142 valence electrons. The Balaban J connectivity index is 1.50. The minimum absolute atomic E-state index is 0.0933. The van der Waals surface area contributed by atoms with E-state index in [1.165, 1.54) is 0 Å². The quantitative estimate of drug-likeness (QED) is 0.433. The summed E-state index contributed by atoms with van der Waals surface area (Å²) < 4.78 is 0. The van der Waals surface area contributed by atoms with Crippen molar-refractivity contribution in [3.63, 3.8) is 0 Å². The van der Waals surface area contributed by atoms with Crippen LogP contribution in [-0.2, 0) is 4.79 Å². The monoisotopic (exact) mass is 383 g/mol. The van der Waals surface area contributed by atoms with E-state index in [1.54, 1.807) is 19.8 Å². The van der Waals surface area contributed by atoms with Gasteiger partial charge in [0.1, 0.15) is 5.52 Å². The summed E-state index contributed by atoms with van der Waals surface area (Å²) in [4.78, 5) is 27.0. The summed E-state index contributed by atoms with van der Waals surface area (Å²) in [5.41, 5.74) is 8.55. The average Bonchev–Trinajstić information content (AvgIpc) is 3.49. The minimum Gasteiger partial charge on any atom is -0.382 e. The number of pyridine rings is 1. The number of carbonyl (C=O) groups is 1. The Hall–Kier alpha value is -3.44. The highest BCUT2D eigenvalue weighted by Gasteiger charge is 2.66. The Kier molecular flexibility index (Phi) is 3.67. The van der Waals surface area contributed by atoms with Crippen molar-refractivity contribution in [2.75, 3.05) is 12.8 Å². The van der Waals surface area contributed by atoms with E-state index in [0.29, 0.717) is 28.1 Å². The fourth-order valence-electron chi connectivity index (χ4n) is 4.02. The normalized spacial score (nSPS) is 24.9. The number of likely N-dealkylation sites (tertiary alicyclic amines) is 1. The Bertz CT molecular complexity index is 1250. The first kappa shape index (κ1) is 17.6. The van der Waals surface area contributed by atoms with Gasteiger partial charge in [-0.1, -0.05) is 24.0 Å². The van der Waals surface area contributed by atoms with Gasteiger partial charge in [-0.15, -0.1) is 0 Å². The number of aliphatic hydroxyl groups is 1. The molecule has 1 saturated heterocycles. The summed E-state index contributed by atoms with van der Waals surface area (Å²) in [6, 6.07) is 11.4. The maximum atomic E-state index is 12.3. The first-order valence-electron chi connectivity index (χ1n) is 9.41. The van der Waals surface area contributed by atoms with Gasteiger partial charge in [-0.3, -0.25) is 4.79 Å². The molecule has 0 radical (unpaired) electrons. The number of piperidine rings is 1. The van der Waals surface area contributed by atoms with Gasteiger partial charge in [0.15, 0.2) is 13.7 Å². The molecular weight excluding hydrogens is 365 g/mol. The van der Waals surface area contributed by atoms with Crippen molar-refractivity contribution in [3.05, 3.63) is 42.0 Å². The van der Waals surface area contributed by atoms with Crippen molar-refractivity contribution in [3.8, 4) is 23.1 Å². The fraction of sp³-hybridized carbons (Fsp3) is 0.238. The van der Waals surface area contributed by atoms with Gasteiger partial charge in [0.05, 0.1) is 16.9 Å². The molecule has 1 aromatic carbocycles. The van der Waals surface area contributed by atoms with Gasteiger partial charge in [-0.2, -0.15) is 0 Å². The molecule has 1 saturated carbocycles. The molecule has 3 atom stereocenters. The van der Waals surface area contributed by atoms with Gasteiger partial charge in [0, 0.05) is 30.1 Å². The Morgan fingerprint density at radius 3 is 2.86 bits per heavy atom. The van der Waals surface area contributed by atoms with E-state index < -0.39 is 5.60 Å². The molecular formula is C21H18BN5O2. The van der Waals surface area contributed by atoms with Crippen molar-refractivity contribution in [1.82, 2.24) is 19.9 Å². The molecule has 1 amide bonds. The molecule has 3 heterocycles. The number of amides is 1. The lowest BCUT2D eigenvalue weighted by molar-refractivity contribution is -0.140. The van der Waals surface area contributed by atoms with E-state index in [4.69, 9.17) is 5.73 Å². The van der Waals surface area contributed by atoms with Crippen molar-refractivity contribution >= 4 is 36.3 Å². The number of nitrogens with zero attached hydrogens (tertiary/aromatic N) is 4. The standard InChI is InChI=1S/C21H18BN5O2/c1-27-16-10-13(16)21(29,19(27)28)8-7-11-3-2-4-12(9-11)14-5-6-15-17(24-14)18(23)26-20(22)25-15/h2-6,9,13,16,29H,10,22H2,1H3,(H2,23,25,26)/t13-,16+,21-/m1/s1. The maximum Gasteiger partial charge on any atom is 0.267 e. The molecule has 1 aliphatic heterocycles. The largest absolute Gasteiger partial charge is 0.382 e. The third kappa shape index (κ3) is 2.74. The lowest BCUT2D eigenvalue weighted by atomic mass is 9.98. The number of aromatic nitrogens is 3. The molecule has 3 aromatic rings. The van der Waals surface area contributed by atoms with E-state index in [-0.39, 0.29) is 17.9 Å². The Morgan fingerprint density at radius 2 is 2.10 bits per heavy atom. The summed E-state index contributed by atoms with van der Waals surface area (Å²) in [5.74, 6) is 5.73. The second-order valence-corrected chi connectivity index (χ2v) is 7.64. The smallest absolute Gasteiger partial charge is 0.267 e. The molecule has 29 heavy (non-hydrogen) atoms. The number of benzene rings is 1. The SMILES string of the molecule is Bc1nc(N)c2nc(-c3cccc(C#C[C@]4(O)C(=O)N(C)[C@H]5C[C@H]54)c3)ccc2n1. The predicted octanol–water partition coefficient (Wildman–Crippen LogP) is -0.525. The molecule has 8 heteroatoms. The van der Waals surface area contributed by atoms with Crippen LogP contribution >= 0.6 is 0 Å². The number of nitrogens with two attached hydrogens (primary N) is 1.